The number of rotatable bonds is 10. The number of halogens is 1. The molecular weight excluding hydrogens is 520 g/mol. The maximum Gasteiger partial charge on any atom is 0.221 e. The quantitative estimate of drug-likeness (QED) is 0.305. The predicted octanol–water partition coefficient (Wildman–Crippen LogP) is 7.36. The first kappa shape index (κ1) is 30.3. The molecule has 2 aromatic carbocycles. The van der Waals surface area contributed by atoms with Gasteiger partial charge < -0.3 is 23.4 Å². The molecule has 5 atom stereocenters. The lowest BCUT2D eigenvalue weighted by molar-refractivity contribution is -0.339. The van der Waals surface area contributed by atoms with Gasteiger partial charge in [-0.05, 0) is 94.4 Å². The molecule has 2 aromatic rings. The monoisotopic (exact) mass is 564 g/mol. The molecule has 5 nitrogen and oxygen atoms in total. The molecule has 1 saturated heterocycles. The third-order valence-corrected chi connectivity index (χ3v) is 8.89. The van der Waals surface area contributed by atoms with Gasteiger partial charge in [0.05, 0.1) is 18.8 Å². The largest absolute Gasteiger partial charge is 0.494 e. The van der Waals surface area contributed by atoms with Gasteiger partial charge in [-0.2, -0.15) is 0 Å². The van der Waals surface area contributed by atoms with E-state index in [0.29, 0.717) is 23.6 Å². The van der Waals surface area contributed by atoms with E-state index >= 15 is 0 Å². The van der Waals surface area contributed by atoms with Crippen LogP contribution in [-0.4, -0.2) is 46.7 Å². The molecule has 1 aliphatic heterocycles. The van der Waals surface area contributed by atoms with E-state index in [-0.39, 0.29) is 18.1 Å². The standard InChI is InChI=1S/C29H45ClO5Si2/c1-10-26-20(3)27(34-36(4,5)6)28(35-37(7,8)9)29(31,33-26)23-14-17-25(30)22(19-23)18-21-12-15-24(16-13-21)32-11-2/h12-17,19-20,26-28,31H,10-11,18H2,1-9H3/t20-,26-,27+,28-,29?/m1/s1. The van der Waals surface area contributed by atoms with E-state index in [9.17, 15) is 5.11 Å². The molecule has 1 N–H and O–H groups in total. The van der Waals surface area contributed by atoms with Crippen LogP contribution in [0.3, 0.4) is 0 Å². The Morgan fingerprint density at radius 2 is 1.57 bits per heavy atom. The molecule has 3 rings (SSSR count). The summed E-state index contributed by atoms with van der Waals surface area (Å²) in [5, 5.41) is 13.0. The molecule has 1 heterocycles. The van der Waals surface area contributed by atoms with Gasteiger partial charge >= 0.3 is 0 Å². The fourth-order valence-electron chi connectivity index (χ4n) is 4.93. The normalized spacial score (nSPS) is 26.8. The first-order valence-corrected chi connectivity index (χ1v) is 20.6. The molecule has 37 heavy (non-hydrogen) atoms. The number of aliphatic hydroxyl groups is 1. The molecule has 206 valence electrons. The lowest BCUT2D eigenvalue weighted by Crippen LogP contribution is -2.64. The summed E-state index contributed by atoms with van der Waals surface area (Å²) < 4.78 is 25.6. The first-order valence-electron chi connectivity index (χ1n) is 13.4. The Bertz CT molecular complexity index is 1030. The van der Waals surface area contributed by atoms with Gasteiger partial charge in [0.2, 0.25) is 5.79 Å². The zero-order chi connectivity index (χ0) is 27.6. The Labute approximate surface area is 230 Å². The lowest BCUT2D eigenvalue weighted by Gasteiger charge is -2.53. The highest BCUT2D eigenvalue weighted by molar-refractivity contribution is 6.70. The Morgan fingerprint density at radius 3 is 2.11 bits per heavy atom. The van der Waals surface area contributed by atoms with Gasteiger partial charge in [-0.1, -0.05) is 43.6 Å². The van der Waals surface area contributed by atoms with Crippen molar-refractivity contribution in [1.29, 1.82) is 0 Å². The molecule has 0 radical (unpaired) electrons. The lowest BCUT2D eigenvalue weighted by atomic mass is 9.82. The van der Waals surface area contributed by atoms with Crippen molar-refractivity contribution in [2.24, 2.45) is 5.92 Å². The predicted molar refractivity (Wildman–Crippen MR) is 157 cm³/mol. The summed E-state index contributed by atoms with van der Waals surface area (Å²) in [4.78, 5) is 0. The van der Waals surface area contributed by atoms with Crippen LogP contribution >= 0.6 is 11.6 Å². The zero-order valence-electron chi connectivity index (χ0n) is 23.9. The van der Waals surface area contributed by atoms with E-state index < -0.39 is 28.5 Å². The summed E-state index contributed by atoms with van der Waals surface area (Å²) in [6.07, 6.45) is 0.284. The molecule has 0 aliphatic carbocycles. The van der Waals surface area contributed by atoms with Crippen LogP contribution in [0.15, 0.2) is 42.5 Å². The summed E-state index contributed by atoms with van der Waals surface area (Å²) in [7, 11) is -4.04. The van der Waals surface area contributed by atoms with Gasteiger partial charge in [-0.25, -0.2) is 0 Å². The van der Waals surface area contributed by atoms with Gasteiger partial charge in [-0.15, -0.1) is 0 Å². The molecule has 1 fully saturated rings. The maximum atomic E-state index is 12.4. The Balaban J connectivity index is 2.05. The van der Waals surface area contributed by atoms with Crippen LogP contribution in [0.25, 0.3) is 0 Å². The third kappa shape index (κ3) is 7.69. The maximum absolute atomic E-state index is 12.4. The topological polar surface area (TPSA) is 57.2 Å². The van der Waals surface area contributed by atoms with E-state index in [4.69, 9.17) is 29.9 Å². The van der Waals surface area contributed by atoms with Crippen LogP contribution in [-0.2, 0) is 25.8 Å². The van der Waals surface area contributed by atoms with Gasteiger partial charge in [-0.3, -0.25) is 0 Å². The van der Waals surface area contributed by atoms with Crippen LogP contribution < -0.4 is 4.74 Å². The molecule has 8 heteroatoms. The van der Waals surface area contributed by atoms with Crippen molar-refractivity contribution in [2.75, 3.05) is 6.61 Å². The van der Waals surface area contributed by atoms with Crippen molar-refractivity contribution in [2.45, 2.75) is 97.0 Å². The van der Waals surface area contributed by atoms with E-state index in [1.165, 1.54) is 0 Å². The molecule has 1 aliphatic rings. The van der Waals surface area contributed by atoms with Crippen LogP contribution in [0, 0.1) is 5.92 Å². The fourth-order valence-corrected chi connectivity index (χ4v) is 7.33. The van der Waals surface area contributed by atoms with Crippen LogP contribution in [0.1, 0.15) is 43.9 Å². The summed E-state index contributed by atoms with van der Waals surface area (Å²) in [6.45, 7) is 19.8. The first-order chi connectivity index (χ1) is 17.2. The van der Waals surface area contributed by atoms with Crippen molar-refractivity contribution in [3.8, 4) is 5.75 Å². The van der Waals surface area contributed by atoms with Crippen LogP contribution in [0.2, 0.25) is 44.3 Å². The molecule has 0 bridgehead atoms. The zero-order valence-corrected chi connectivity index (χ0v) is 26.7. The summed E-state index contributed by atoms with van der Waals surface area (Å²) in [6, 6.07) is 13.7. The smallest absolute Gasteiger partial charge is 0.221 e. The van der Waals surface area contributed by atoms with Gasteiger partial charge in [0.1, 0.15) is 11.9 Å². The van der Waals surface area contributed by atoms with E-state index in [1.807, 2.05) is 49.4 Å². The van der Waals surface area contributed by atoms with Crippen molar-refractivity contribution < 1.29 is 23.4 Å². The average Bonchev–Trinajstić information content (AvgIpc) is 2.80. The van der Waals surface area contributed by atoms with Crippen molar-refractivity contribution in [3.05, 3.63) is 64.2 Å². The van der Waals surface area contributed by atoms with Crippen molar-refractivity contribution in [1.82, 2.24) is 0 Å². The Morgan fingerprint density at radius 1 is 0.946 bits per heavy atom. The van der Waals surface area contributed by atoms with Crippen molar-refractivity contribution >= 4 is 28.2 Å². The summed E-state index contributed by atoms with van der Waals surface area (Å²) in [5.74, 6) is -0.736. The number of ether oxygens (including phenoxy) is 2. The SMILES string of the molecule is CCOc1ccc(Cc2cc(C3(O)O[C@H](CC)[C@@H](C)[C@H](O[Si](C)(C)C)[C@H]3O[Si](C)(C)C)ccc2Cl)cc1. The minimum atomic E-state index is -2.09. The second-order valence-corrected chi connectivity index (χ2v) is 21.4. The van der Waals surface area contributed by atoms with Crippen LogP contribution in [0.4, 0.5) is 0 Å². The highest BCUT2D eigenvalue weighted by Gasteiger charge is 2.56. The third-order valence-electron chi connectivity index (χ3n) is 6.58. The molecular formula is C29H45ClO5Si2. The van der Waals surface area contributed by atoms with Gasteiger partial charge in [0, 0.05) is 16.5 Å². The Hall–Kier alpha value is -1.20. The fraction of sp³-hybridized carbons (Fsp3) is 0.586. The Kier molecular flexibility index (Phi) is 9.76. The van der Waals surface area contributed by atoms with Crippen molar-refractivity contribution in [3.63, 3.8) is 0 Å². The number of hydrogen-bond acceptors (Lipinski definition) is 5. The van der Waals surface area contributed by atoms with Gasteiger partial charge in [0.25, 0.3) is 0 Å². The van der Waals surface area contributed by atoms with Gasteiger partial charge in [0.15, 0.2) is 16.6 Å². The molecule has 1 unspecified atom stereocenters. The molecule has 0 amide bonds. The van der Waals surface area contributed by atoms with E-state index in [1.54, 1.807) is 0 Å². The summed E-state index contributed by atoms with van der Waals surface area (Å²) in [5.41, 5.74) is 2.67. The average molecular weight is 565 g/mol. The summed E-state index contributed by atoms with van der Waals surface area (Å²) >= 11 is 6.66. The second kappa shape index (κ2) is 11.9. The molecule has 0 saturated carbocycles. The van der Waals surface area contributed by atoms with E-state index in [2.05, 4.69) is 53.1 Å². The number of benzene rings is 2. The van der Waals surface area contributed by atoms with Crippen LogP contribution in [0.5, 0.6) is 5.75 Å². The highest BCUT2D eigenvalue weighted by Crippen LogP contribution is 2.45. The number of hydrogen-bond donors (Lipinski definition) is 1. The highest BCUT2D eigenvalue weighted by atomic mass is 35.5. The minimum absolute atomic E-state index is 0.0778. The minimum Gasteiger partial charge on any atom is -0.494 e. The molecule has 0 aromatic heterocycles. The van der Waals surface area contributed by atoms with E-state index in [0.717, 1.165) is 23.3 Å². The second-order valence-electron chi connectivity index (χ2n) is 12.0. The molecule has 0 spiro atoms.